The smallest absolute Gasteiger partial charge is 0.305 e. The molecule has 0 radical (unpaired) electrons. The Labute approximate surface area is 228 Å². The van der Waals surface area contributed by atoms with E-state index < -0.39 is 12.3 Å². The number of aliphatic hydroxyl groups is 1. The van der Waals surface area contributed by atoms with Gasteiger partial charge in [0.2, 0.25) is 11.8 Å². The van der Waals surface area contributed by atoms with Crippen molar-refractivity contribution in [2.24, 2.45) is 0 Å². The van der Waals surface area contributed by atoms with Gasteiger partial charge in [-0.3, -0.25) is 14.4 Å². The number of halogens is 1. The Hall–Kier alpha value is -1.35. The molecule has 2 atom stereocenters. The molecule has 0 aliphatic heterocycles. The van der Waals surface area contributed by atoms with Crippen LogP contribution in [0.1, 0.15) is 45.4 Å². The number of amides is 2. The van der Waals surface area contributed by atoms with E-state index in [2.05, 4.69) is 26.6 Å². The predicted octanol–water partition coefficient (Wildman–Crippen LogP) is 0.917. The zero-order chi connectivity index (χ0) is 27.6. The van der Waals surface area contributed by atoms with E-state index in [9.17, 15) is 14.4 Å². The number of hydrogen-bond acceptors (Lipinski definition) is 10. The Morgan fingerprint density at radius 2 is 1.41 bits per heavy atom. The molecule has 0 bridgehead atoms. The summed E-state index contributed by atoms with van der Waals surface area (Å²) in [4.78, 5) is 34.7. The summed E-state index contributed by atoms with van der Waals surface area (Å²) in [5, 5.41) is 15.0. The first kappa shape index (κ1) is 35.6. The van der Waals surface area contributed by atoms with E-state index in [0.29, 0.717) is 77.3 Å². The lowest BCUT2D eigenvalue weighted by molar-refractivity contribution is -0.194. The minimum Gasteiger partial charge on any atom is -0.460 e. The van der Waals surface area contributed by atoms with Gasteiger partial charge in [0.1, 0.15) is 6.61 Å². The minimum atomic E-state index is -0.742. The van der Waals surface area contributed by atoms with E-state index in [4.69, 9.17) is 33.5 Å². The molecule has 13 heteroatoms. The molecule has 0 fully saturated rings. The van der Waals surface area contributed by atoms with Crippen LogP contribution in [0.15, 0.2) is 0 Å². The molecular weight excluding hydrogens is 556 g/mol. The van der Waals surface area contributed by atoms with Gasteiger partial charge in [-0.05, 0) is 25.7 Å². The van der Waals surface area contributed by atoms with Gasteiger partial charge in [-0.2, -0.15) is 0 Å². The van der Waals surface area contributed by atoms with Crippen LogP contribution in [0.5, 0.6) is 0 Å². The largest absolute Gasteiger partial charge is 0.460 e. The Balaban J connectivity index is 3.48. The average Bonchev–Trinajstić information content (AvgIpc) is 2.90. The zero-order valence-corrected chi connectivity index (χ0v) is 23.8. The molecule has 0 heterocycles. The lowest BCUT2D eigenvalue weighted by Gasteiger charge is -2.21. The third-order valence-corrected chi connectivity index (χ3v) is 5.38. The highest BCUT2D eigenvalue weighted by Gasteiger charge is 2.16. The number of ether oxygens (including phenoxy) is 6. The number of esters is 1. The van der Waals surface area contributed by atoms with Crippen LogP contribution in [0.25, 0.3) is 0 Å². The van der Waals surface area contributed by atoms with E-state index in [0.717, 1.165) is 6.42 Å². The van der Waals surface area contributed by atoms with Crippen LogP contribution in [-0.2, 0) is 42.8 Å². The average molecular weight is 602 g/mol. The summed E-state index contributed by atoms with van der Waals surface area (Å²) < 4.78 is 32.0. The number of rotatable bonds is 26. The second-order valence-electron chi connectivity index (χ2n) is 7.93. The van der Waals surface area contributed by atoms with Crippen molar-refractivity contribution < 1.29 is 47.9 Å². The standard InChI is InChI=1S/C24H45BrN2O10/c1-3-20(18-28)37-24(32-2)19-36-23(31)8-4-7-21(29)26-9-5-11-33-13-15-35-16-14-34-12-6-10-27-22(30)17-25/h20,24,28H,3-19H2,1-2H3,(H,26,29)(H,27,30). The Bertz CT molecular complexity index is 582. The van der Waals surface area contributed by atoms with Gasteiger partial charge >= 0.3 is 5.97 Å². The molecule has 0 saturated heterocycles. The highest BCUT2D eigenvalue weighted by atomic mass is 79.9. The minimum absolute atomic E-state index is 0.0364. The van der Waals surface area contributed by atoms with Crippen molar-refractivity contribution in [3.05, 3.63) is 0 Å². The molecule has 0 rings (SSSR count). The highest BCUT2D eigenvalue weighted by molar-refractivity contribution is 9.09. The van der Waals surface area contributed by atoms with Gasteiger partial charge in [-0.25, -0.2) is 0 Å². The first-order chi connectivity index (χ1) is 18.0. The molecule has 37 heavy (non-hydrogen) atoms. The maximum absolute atomic E-state index is 11.9. The summed E-state index contributed by atoms with van der Waals surface area (Å²) in [5.74, 6) is -0.604. The molecule has 3 N–H and O–H groups in total. The zero-order valence-electron chi connectivity index (χ0n) is 22.2. The Morgan fingerprint density at radius 3 is 1.92 bits per heavy atom. The molecule has 12 nitrogen and oxygen atoms in total. The van der Waals surface area contributed by atoms with Crippen molar-refractivity contribution in [1.29, 1.82) is 0 Å². The molecule has 0 aromatic rings. The normalized spacial score (nSPS) is 12.6. The maximum atomic E-state index is 11.9. The van der Waals surface area contributed by atoms with Crippen LogP contribution in [0, 0.1) is 0 Å². The van der Waals surface area contributed by atoms with Crippen molar-refractivity contribution in [3.8, 4) is 0 Å². The van der Waals surface area contributed by atoms with Crippen LogP contribution in [0.2, 0.25) is 0 Å². The van der Waals surface area contributed by atoms with Crippen LogP contribution in [-0.4, -0.2) is 114 Å². The lowest BCUT2D eigenvalue weighted by atomic mass is 10.2. The number of hydrogen-bond donors (Lipinski definition) is 3. The fourth-order valence-electron chi connectivity index (χ4n) is 2.75. The molecule has 0 saturated carbocycles. The van der Waals surface area contributed by atoms with E-state index >= 15 is 0 Å². The first-order valence-electron chi connectivity index (χ1n) is 12.7. The van der Waals surface area contributed by atoms with Gasteiger partial charge in [0, 0.05) is 46.3 Å². The van der Waals surface area contributed by atoms with Gasteiger partial charge in [-0.1, -0.05) is 22.9 Å². The fraction of sp³-hybridized carbons (Fsp3) is 0.875. The summed E-state index contributed by atoms with van der Waals surface area (Å²) in [7, 11) is 1.43. The highest BCUT2D eigenvalue weighted by Crippen LogP contribution is 2.05. The van der Waals surface area contributed by atoms with Crippen molar-refractivity contribution in [1.82, 2.24) is 10.6 Å². The number of nitrogens with one attached hydrogen (secondary N) is 2. The van der Waals surface area contributed by atoms with Crippen molar-refractivity contribution in [3.63, 3.8) is 0 Å². The summed E-state index contributed by atoms with van der Waals surface area (Å²) >= 11 is 3.08. The third kappa shape index (κ3) is 23.5. The van der Waals surface area contributed by atoms with E-state index in [1.54, 1.807) is 0 Å². The number of carbonyl (C=O) groups is 3. The van der Waals surface area contributed by atoms with Crippen LogP contribution < -0.4 is 10.6 Å². The molecule has 0 spiro atoms. The second kappa shape index (κ2) is 26.3. The Kier molecular flexibility index (Phi) is 25.3. The first-order valence-corrected chi connectivity index (χ1v) is 13.9. The van der Waals surface area contributed by atoms with Crippen LogP contribution in [0.4, 0.5) is 0 Å². The van der Waals surface area contributed by atoms with Gasteiger partial charge in [0.25, 0.3) is 0 Å². The summed E-state index contributed by atoms with van der Waals surface area (Å²) in [6.07, 6.45) is 1.64. The lowest BCUT2D eigenvalue weighted by Crippen LogP contribution is -2.30. The predicted molar refractivity (Wildman–Crippen MR) is 139 cm³/mol. The number of alkyl halides is 1. The fourth-order valence-corrected chi connectivity index (χ4v) is 2.95. The topological polar surface area (TPSA) is 151 Å². The molecule has 218 valence electrons. The van der Waals surface area contributed by atoms with Crippen molar-refractivity contribution in [2.45, 2.75) is 57.8 Å². The maximum Gasteiger partial charge on any atom is 0.305 e. The third-order valence-electron chi connectivity index (χ3n) is 4.87. The number of methoxy groups -OCH3 is 1. The molecule has 0 aliphatic rings. The molecule has 0 aromatic carbocycles. The van der Waals surface area contributed by atoms with Gasteiger partial charge in [0.05, 0.1) is 44.5 Å². The summed E-state index contributed by atoms with van der Waals surface area (Å²) in [6.45, 7) is 5.70. The van der Waals surface area contributed by atoms with Crippen LogP contribution >= 0.6 is 15.9 Å². The van der Waals surface area contributed by atoms with Gasteiger partial charge in [-0.15, -0.1) is 0 Å². The quantitative estimate of drug-likeness (QED) is 0.0565. The molecule has 2 amide bonds. The molecule has 0 aliphatic carbocycles. The van der Waals surface area contributed by atoms with E-state index in [1.165, 1.54) is 7.11 Å². The second-order valence-corrected chi connectivity index (χ2v) is 8.49. The van der Waals surface area contributed by atoms with Gasteiger partial charge < -0.3 is 44.2 Å². The number of carbonyl (C=O) groups excluding carboxylic acids is 3. The van der Waals surface area contributed by atoms with Crippen molar-refractivity contribution in [2.75, 3.05) is 78.4 Å². The van der Waals surface area contributed by atoms with E-state index in [-0.39, 0.29) is 44.0 Å². The Morgan fingerprint density at radius 1 is 0.838 bits per heavy atom. The monoisotopic (exact) mass is 600 g/mol. The summed E-state index contributed by atoms with van der Waals surface area (Å²) in [6, 6.07) is 0. The van der Waals surface area contributed by atoms with Crippen LogP contribution in [0.3, 0.4) is 0 Å². The molecule has 2 unspecified atom stereocenters. The SMILES string of the molecule is CCC(CO)OC(COC(=O)CCCC(=O)NCCCOCCOCCOCCCNC(=O)CBr)OC. The molecule has 0 aromatic heterocycles. The molecular formula is C24H45BrN2O10. The van der Waals surface area contributed by atoms with E-state index in [1.807, 2.05) is 6.92 Å². The summed E-state index contributed by atoms with van der Waals surface area (Å²) in [5.41, 5.74) is 0. The number of aliphatic hydroxyl groups excluding tert-OH is 1. The van der Waals surface area contributed by atoms with Gasteiger partial charge in [0.15, 0.2) is 6.29 Å². The van der Waals surface area contributed by atoms with Crippen molar-refractivity contribution >= 4 is 33.7 Å².